The summed E-state index contributed by atoms with van der Waals surface area (Å²) in [7, 11) is 0. The molecule has 2 aliphatic rings. The first-order chi connectivity index (χ1) is 17.9. The lowest BCUT2D eigenvalue weighted by Crippen LogP contribution is -2.50. The minimum absolute atomic E-state index is 0.0163. The molecule has 0 radical (unpaired) electrons. The van der Waals surface area contributed by atoms with Crippen molar-refractivity contribution < 1.29 is 23.9 Å². The first-order valence-corrected chi connectivity index (χ1v) is 12.9. The van der Waals surface area contributed by atoms with Crippen LogP contribution < -0.4 is 20.7 Å². The van der Waals surface area contributed by atoms with E-state index >= 15 is 0 Å². The van der Waals surface area contributed by atoms with Crippen LogP contribution in [0, 0.1) is 0 Å². The van der Waals surface area contributed by atoms with Gasteiger partial charge in [-0.3, -0.25) is 19.2 Å². The van der Waals surface area contributed by atoms with E-state index in [9.17, 15) is 19.2 Å². The highest BCUT2D eigenvalue weighted by molar-refractivity contribution is 5.97. The largest absolute Gasteiger partial charge is 0.494 e. The van der Waals surface area contributed by atoms with Crippen LogP contribution in [0.1, 0.15) is 54.4 Å². The topological polar surface area (TPSA) is 122 Å². The number of unbranched alkanes of at least 4 members (excludes halogenated alkanes) is 1. The van der Waals surface area contributed by atoms with Gasteiger partial charge < -0.3 is 25.6 Å². The summed E-state index contributed by atoms with van der Waals surface area (Å²) in [4.78, 5) is 51.8. The van der Waals surface area contributed by atoms with Gasteiger partial charge in [-0.25, -0.2) is 0 Å². The fourth-order valence-electron chi connectivity index (χ4n) is 4.91. The molecule has 196 valence electrons. The summed E-state index contributed by atoms with van der Waals surface area (Å²) in [6.07, 6.45) is 4.46. The number of hydrogen-bond donors (Lipinski definition) is 2. The van der Waals surface area contributed by atoms with Crippen LogP contribution in [0.15, 0.2) is 48.5 Å². The van der Waals surface area contributed by atoms with Gasteiger partial charge in [0.25, 0.3) is 5.91 Å². The predicted octanol–water partition coefficient (Wildman–Crippen LogP) is 2.42. The maximum absolute atomic E-state index is 13.1. The number of nitrogens with two attached hydrogens (primary N) is 1. The van der Waals surface area contributed by atoms with Gasteiger partial charge in [0.2, 0.25) is 17.7 Å². The monoisotopic (exact) mass is 506 g/mol. The van der Waals surface area contributed by atoms with E-state index in [1.165, 1.54) is 5.56 Å². The molecule has 2 heterocycles. The maximum Gasteiger partial charge on any atom is 0.253 e. The number of carbonyl (C=O) groups excluding carboxylic acids is 4. The molecule has 9 nitrogen and oxygen atoms in total. The molecule has 0 saturated carbocycles. The van der Waals surface area contributed by atoms with Crippen LogP contribution in [0.25, 0.3) is 0 Å². The number of para-hydroxylation sites is 1. The number of primary amides is 1. The van der Waals surface area contributed by atoms with Crippen molar-refractivity contribution in [3.8, 4) is 5.75 Å². The van der Waals surface area contributed by atoms with Crippen LogP contribution in [0.2, 0.25) is 0 Å². The molecule has 1 fully saturated rings. The SMILES string of the molecule is NC(=O)CNC(=O)CCCCOc1ccc(C(=O)N2CCC(N3C(=O)CCc4ccccc43)CC2)cc1. The number of amides is 4. The van der Waals surface area contributed by atoms with Crippen LogP contribution in [0.4, 0.5) is 5.69 Å². The quantitative estimate of drug-likeness (QED) is 0.479. The van der Waals surface area contributed by atoms with Crippen molar-refractivity contribution in [2.75, 3.05) is 31.1 Å². The zero-order chi connectivity index (χ0) is 26.2. The Morgan fingerprint density at radius 1 is 0.973 bits per heavy atom. The fourth-order valence-corrected chi connectivity index (χ4v) is 4.91. The molecule has 2 aromatic carbocycles. The van der Waals surface area contributed by atoms with Gasteiger partial charge in [0.15, 0.2) is 0 Å². The van der Waals surface area contributed by atoms with Gasteiger partial charge in [0, 0.05) is 43.2 Å². The minimum Gasteiger partial charge on any atom is -0.494 e. The van der Waals surface area contributed by atoms with Crippen LogP contribution in [0.5, 0.6) is 5.75 Å². The fraction of sp³-hybridized carbons (Fsp3) is 0.429. The molecule has 3 N–H and O–H groups in total. The van der Waals surface area contributed by atoms with Crippen LogP contribution in [0.3, 0.4) is 0 Å². The number of aryl methyl sites for hydroxylation is 1. The Kier molecular flexibility index (Phi) is 8.77. The van der Waals surface area contributed by atoms with Crippen LogP contribution >= 0.6 is 0 Å². The Labute approximate surface area is 216 Å². The first-order valence-electron chi connectivity index (χ1n) is 12.9. The van der Waals surface area contributed by atoms with E-state index in [2.05, 4.69) is 11.4 Å². The third-order valence-electron chi connectivity index (χ3n) is 6.87. The first kappa shape index (κ1) is 26.2. The lowest BCUT2D eigenvalue weighted by Gasteiger charge is -2.41. The van der Waals surface area contributed by atoms with Gasteiger partial charge in [0.05, 0.1) is 13.2 Å². The molecule has 0 aromatic heterocycles. The van der Waals surface area contributed by atoms with Crippen molar-refractivity contribution in [1.82, 2.24) is 10.2 Å². The lowest BCUT2D eigenvalue weighted by atomic mass is 9.95. The smallest absolute Gasteiger partial charge is 0.253 e. The van der Waals surface area contributed by atoms with E-state index < -0.39 is 5.91 Å². The van der Waals surface area contributed by atoms with Crippen molar-refractivity contribution in [1.29, 1.82) is 0 Å². The normalized spacial score (nSPS) is 15.7. The summed E-state index contributed by atoms with van der Waals surface area (Å²) in [5.41, 5.74) is 7.84. The van der Waals surface area contributed by atoms with Crippen molar-refractivity contribution in [2.24, 2.45) is 5.73 Å². The number of carbonyl (C=O) groups is 4. The number of benzene rings is 2. The van der Waals surface area contributed by atoms with Crippen molar-refractivity contribution >= 4 is 29.3 Å². The number of hydrogen-bond acceptors (Lipinski definition) is 5. The number of nitrogens with one attached hydrogen (secondary N) is 1. The molecule has 2 aromatic rings. The van der Waals surface area contributed by atoms with Gasteiger partial charge in [-0.1, -0.05) is 18.2 Å². The van der Waals surface area contributed by atoms with E-state index in [0.717, 1.165) is 24.9 Å². The predicted molar refractivity (Wildman–Crippen MR) is 139 cm³/mol. The lowest BCUT2D eigenvalue weighted by molar-refractivity contribution is -0.124. The van der Waals surface area contributed by atoms with E-state index in [4.69, 9.17) is 10.5 Å². The number of ether oxygens (including phenoxy) is 1. The molecule has 37 heavy (non-hydrogen) atoms. The Bertz CT molecular complexity index is 1130. The summed E-state index contributed by atoms with van der Waals surface area (Å²) < 4.78 is 5.72. The second-order valence-corrected chi connectivity index (χ2v) is 9.49. The number of fused-ring (bicyclic) bond motifs is 1. The van der Waals surface area contributed by atoms with Gasteiger partial charge in [-0.15, -0.1) is 0 Å². The average Bonchev–Trinajstić information content (AvgIpc) is 2.92. The molecular formula is C28H34N4O5. The maximum atomic E-state index is 13.1. The van der Waals surface area contributed by atoms with Gasteiger partial charge >= 0.3 is 0 Å². The molecule has 0 aliphatic carbocycles. The average molecular weight is 507 g/mol. The van der Waals surface area contributed by atoms with Gasteiger partial charge in [-0.05, 0) is 68.0 Å². The number of rotatable bonds is 10. The molecule has 2 aliphatic heterocycles. The van der Waals surface area contributed by atoms with Crippen LogP contribution in [-0.4, -0.2) is 60.8 Å². The Balaban J connectivity index is 1.21. The number of likely N-dealkylation sites (tertiary alicyclic amines) is 1. The van der Waals surface area contributed by atoms with Crippen molar-refractivity contribution in [3.05, 3.63) is 59.7 Å². The zero-order valence-corrected chi connectivity index (χ0v) is 21.0. The van der Waals surface area contributed by atoms with Crippen LogP contribution in [-0.2, 0) is 20.8 Å². The second-order valence-electron chi connectivity index (χ2n) is 9.49. The number of nitrogens with zero attached hydrogens (tertiary/aromatic N) is 2. The molecule has 0 unspecified atom stereocenters. The summed E-state index contributed by atoms with van der Waals surface area (Å²) in [6, 6.07) is 15.3. The van der Waals surface area contributed by atoms with Crippen molar-refractivity contribution in [2.45, 2.75) is 51.0 Å². The highest BCUT2D eigenvalue weighted by atomic mass is 16.5. The molecule has 4 amide bonds. The Morgan fingerprint density at radius 3 is 2.43 bits per heavy atom. The molecule has 1 saturated heterocycles. The van der Waals surface area contributed by atoms with E-state index in [0.29, 0.717) is 56.7 Å². The number of anilines is 1. The second kappa shape index (κ2) is 12.4. The molecular weight excluding hydrogens is 472 g/mol. The Morgan fingerprint density at radius 2 is 1.70 bits per heavy atom. The highest BCUT2D eigenvalue weighted by Crippen LogP contribution is 2.32. The van der Waals surface area contributed by atoms with Crippen molar-refractivity contribution in [3.63, 3.8) is 0 Å². The molecule has 0 atom stereocenters. The molecule has 4 rings (SSSR count). The summed E-state index contributed by atoms with van der Waals surface area (Å²) in [5, 5.41) is 2.45. The minimum atomic E-state index is -0.566. The zero-order valence-electron chi connectivity index (χ0n) is 21.0. The van der Waals surface area contributed by atoms with E-state index in [1.54, 1.807) is 24.3 Å². The highest BCUT2D eigenvalue weighted by Gasteiger charge is 2.33. The third kappa shape index (κ3) is 6.87. The summed E-state index contributed by atoms with van der Waals surface area (Å²) >= 11 is 0. The van der Waals surface area contributed by atoms with Gasteiger partial charge in [0.1, 0.15) is 5.75 Å². The number of piperidine rings is 1. The Hall–Kier alpha value is -3.88. The van der Waals surface area contributed by atoms with Gasteiger partial charge in [-0.2, -0.15) is 0 Å². The molecule has 0 bridgehead atoms. The summed E-state index contributed by atoms with van der Waals surface area (Å²) in [5.74, 6) is 0.0414. The summed E-state index contributed by atoms with van der Waals surface area (Å²) in [6.45, 7) is 1.52. The standard InChI is InChI=1S/C28H34N4O5/c29-25(33)19-30-26(34)7-3-4-18-37-23-11-8-21(9-12-23)28(36)31-16-14-22(15-17-31)32-24-6-2-1-5-20(24)10-13-27(32)35/h1-2,5-6,8-9,11-12,22H,3-4,7,10,13-19H2,(H2,29,33)(H,30,34). The van der Waals surface area contributed by atoms with E-state index in [1.807, 2.05) is 28.0 Å². The third-order valence-corrected chi connectivity index (χ3v) is 6.87. The molecule has 9 heteroatoms. The van der Waals surface area contributed by atoms with E-state index in [-0.39, 0.29) is 30.3 Å². The molecule has 0 spiro atoms.